The molecule has 390 valence electrons. The van der Waals surface area contributed by atoms with Gasteiger partial charge in [-0.05, 0) is 116 Å². The first-order chi connectivity index (χ1) is 33.6. The quantitative estimate of drug-likeness (QED) is 0.0197. The molecule has 0 aliphatic rings. The zero-order valence-electron chi connectivity index (χ0n) is 44.2. The van der Waals surface area contributed by atoms with Gasteiger partial charge in [0.2, 0.25) is 0 Å². The van der Waals surface area contributed by atoms with Crippen molar-refractivity contribution in [2.24, 2.45) is 0 Å². The van der Waals surface area contributed by atoms with Crippen molar-refractivity contribution in [3.05, 3.63) is 146 Å². The number of quaternary nitrogens is 1. The SMILES string of the molecule is CC/C=C\C/C=C\C/C=C\C/C=C\C/C=C\C/C=C\C/C=C\CCCCOCC(COP(=O)([O-])OCC[N+](C)(C)C)OC(=O)CCCCCCCCC/C=C\C/C=C\C/C=C\C/C=C\C/C=C\CC. The second-order valence-electron chi connectivity index (χ2n) is 18.1. The summed E-state index contributed by atoms with van der Waals surface area (Å²) in [5.74, 6) is -0.368. The number of nitrogens with zero attached hydrogens (tertiary/aromatic N) is 1. The van der Waals surface area contributed by atoms with Gasteiger partial charge >= 0.3 is 5.97 Å². The molecule has 9 heteroatoms. The maximum absolute atomic E-state index is 12.8. The summed E-state index contributed by atoms with van der Waals surface area (Å²) in [6.45, 7) is 5.01. The van der Waals surface area contributed by atoms with Gasteiger partial charge in [-0.25, -0.2) is 0 Å². The first kappa shape index (κ1) is 65.4. The number of rotatable bonds is 47. The topological polar surface area (TPSA) is 94.1 Å². The number of allylic oxidation sites excluding steroid dienone is 24. The van der Waals surface area contributed by atoms with Crippen LogP contribution < -0.4 is 4.89 Å². The fraction of sp³-hybridized carbons (Fsp3) is 0.583. The Morgan fingerprint density at radius 2 is 0.797 bits per heavy atom. The molecule has 0 bridgehead atoms. The van der Waals surface area contributed by atoms with Gasteiger partial charge in [0.25, 0.3) is 7.82 Å². The predicted molar refractivity (Wildman–Crippen MR) is 295 cm³/mol. The standard InChI is InChI=1S/C60H98NO7P/c1-6-8-10-12-14-16-18-20-22-24-26-28-30-32-34-36-38-40-42-44-46-48-50-52-55-65-57-59(58-67-69(63,64)66-56-54-61(3,4)5)68-60(62)53-51-49-47-45-43-41-39-37-35-33-31-29-27-25-23-21-19-17-15-13-11-9-7-2/h8-11,14-17,20-23,26-29,32-35,38,40,44,46,59H,6-7,12-13,18-19,24-25,30-31,36-37,39,41-43,45,47-58H2,1-5H3/b10-8-,11-9-,16-14-,17-15-,22-20-,23-21-,28-26-,29-27-,34-32-,35-33-,40-38-,46-44-. The van der Waals surface area contributed by atoms with Gasteiger partial charge in [-0.15, -0.1) is 0 Å². The van der Waals surface area contributed by atoms with Crippen molar-refractivity contribution in [2.75, 3.05) is 54.1 Å². The van der Waals surface area contributed by atoms with Gasteiger partial charge in [-0.3, -0.25) is 9.36 Å². The number of carbonyl (C=O) groups is 1. The highest BCUT2D eigenvalue weighted by Crippen LogP contribution is 2.38. The van der Waals surface area contributed by atoms with Crippen molar-refractivity contribution in [3.8, 4) is 0 Å². The van der Waals surface area contributed by atoms with Gasteiger partial charge in [0.05, 0.1) is 34.4 Å². The molecule has 0 saturated heterocycles. The number of unbranched alkanes of at least 4 members (excludes halogenated alkanes) is 9. The minimum absolute atomic E-state index is 0.00533. The molecule has 0 aromatic rings. The lowest BCUT2D eigenvalue weighted by molar-refractivity contribution is -0.870. The number of carbonyl (C=O) groups excluding carboxylic acids is 1. The number of phosphoric ester groups is 1. The van der Waals surface area contributed by atoms with Gasteiger partial charge in [0.15, 0.2) is 0 Å². The molecule has 0 amide bonds. The highest BCUT2D eigenvalue weighted by Gasteiger charge is 2.20. The van der Waals surface area contributed by atoms with E-state index in [2.05, 4.69) is 160 Å². The van der Waals surface area contributed by atoms with E-state index < -0.39 is 13.9 Å². The molecular formula is C60H98NO7P. The summed E-state index contributed by atoms with van der Waals surface area (Å²) in [4.78, 5) is 25.2. The number of hydrogen-bond donors (Lipinski definition) is 0. The van der Waals surface area contributed by atoms with Crippen LogP contribution in [-0.2, 0) is 27.9 Å². The number of hydrogen-bond acceptors (Lipinski definition) is 7. The molecule has 8 nitrogen and oxygen atoms in total. The van der Waals surface area contributed by atoms with E-state index in [0.717, 1.165) is 128 Å². The van der Waals surface area contributed by atoms with Crippen molar-refractivity contribution < 1.29 is 37.3 Å². The van der Waals surface area contributed by atoms with E-state index in [-0.39, 0.29) is 32.2 Å². The Morgan fingerprint density at radius 3 is 1.19 bits per heavy atom. The minimum Gasteiger partial charge on any atom is -0.756 e. The molecule has 0 aliphatic carbocycles. The number of ether oxygens (including phenoxy) is 2. The van der Waals surface area contributed by atoms with Crippen LogP contribution in [0.1, 0.15) is 168 Å². The zero-order chi connectivity index (χ0) is 50.5. The third-order valence-electron chi connectivity index (χ3n) is 10.4. The van der Waals surface area contributed by atoms with E-state index in [1.165, 1.54) is 19.3 Å². The van der Waals surface area contributed by atoms with Crippen LogP contribution in [0.2, 0.25) is 0 Å². The Bertz CT molecular complexity index is 1600. The molecule has 0 aromatic heterocycles. The molecule has 0 rings (SSSR count). The first-order valence-electron chi connectivity index (χ1n) is 26.6. The first-order valence-corrected chi connectivity index (χ1v) is 28.0. The lowest BCUT2D eigenvalue weighted by Gasteiger charge is -2.28. The Kier molecular flexibility index (Phi) is 48.1. The van der Waals surface area contributed by atoms with Crippen molar-refractivity contribution in [2.45, 2.75) is 174 Å². The summed E-state index contributed by atoms with van der Waals surface area (Å²) in [6.07, 6.45) is 76.0. The average molecular weight is 976 g/mol. The molecule has 0 aliphatic heterocycles. The van der Waals surface area contributed by atoms with Crippen LogP contribution in [0.15, 0.2) is 146 Å². The second-order valence-corrected chi connectivity index (χ2v) is 19.5. The van der Waals surface area contributed by atoms with Crippen LogP contribution in [0.5, 0.6) is 0 Å². The van der Waals surface area contributed by atoms with Crippen molar-refractivity contribution >= 4 is 13.8 Å². The summed E-state index contributed by atoms with van der Waals surface area (Å²) in [6, 6.07) is 0. The monoisotopic (exact) mass is 976 g/mol. The lowest BCUT2D eigenvalue weighted by atomic mass is 10.1. The van der Waals surface area contributed by atoms with Gasteiger partial charge in [-0.1, -0.05) is 192 Å². The fourth-order valence-corrected chi connectivity index (χ4v) is 7.10. The molecule has 0 heterocycles. The summed E-state index contributed by atoms with van der Waals surface area (Å²) < 4.78 is 34.7. The number of likely N-dealkylation sites (N-methyl/N-ethyl adjacent to an activating group) is 1. The Balaban J connectivity index is 4.30. The van der Waals surface area contributed by atoms with Crippen molar-refractivity contribution in [3.63, 3.8) is 0 Å². The van der Waals surface area contributed by atoms with Crippen molar-refractivity contribution in [1.82, 2.24) is 0 Å². The van der Waals surface area contributed by atoms with E-state index in [9.17, 15) is 14.3 Å². The molecule has 0 radical (unpaired) electrons. The predicted octanol–water partition coefficient (Wildman–Crippen LogP) is 16.2. The smallest absolute Gasteiger partial charge is 0.306 e. The molecule has 0 spiro atoms. The zero-order valence-corrected chi connectivity index (χ0v) is 45.1. The third kappa shape index (κ3) is 55.2. The van der Waals surface area contributed by atoms with Gasteiger partial charge in [-0.2, -0.15) is 0 Å². The Morgan fingerprint density at radius 1 is 0.449 bits per heavy atom. The van der Waals surface area contributed by atoms with E-state index in [1.807, 2.05) is 21.1 Å². The van der Waals surface area contributed by atoms with Crippen LogP contribution in [0.3, 0.4) is 0 Å². The van der Waals surface area contributed by atoms with Gasteiger partial charge < -0.3 is 27.9 Å². The normalized spacial score (nSPS) is 14.7. The molecule has 2 unspecified atom stereocenters. The maximum atomic E-state index is 12.8. The fourth-order valence-electron chi connectivity index (χ4n) is 6.37. The number of phosphoric acid groups is 1. The van der Waals surface area contributed by atoms with Crippen LogP contribution in [0.4, 0.5) is 0 Å². The minimum atomic E-state index is -4.56. The third-order valence-corrected chi connectivity index (χ3v) is 11.4. The summed E-state index contributed by atoms with van der Waals surface area (Å²) >= 11 is 0. The summed E-state index contributed by atoms with van der Waals surface area (Å²) in [5, 5.41) is 0. The lowest BCUT2D eigenvalue weighted by Crippen LogP contribution is -2.37. The van der Waals surface area contributed by atoms with E-state index in [4.69, 9.17) is 18.5 Å². The summed E-state index contributed by atoms with van der Waals surface area (Å²) in [7, 11) is 1.29. The van der Waals surface area contributed by atoms with Crippen LogP contribution in [-0.4, -0.2) is 70.7 Å². The van der Waals surface area contributed by atoms with Crippen LogP contribution >= 0.6 is 7.82 Å². The molecule has 0 fully saturated rings. The molecule has 0 N–H and O–H groups in total. The van der Waals surface area contributed by atoms with Crippen LogP contribution in [0, 0.1) is 0 Å². The molecule has 69 heavy (non-hydrogen) atoms. The Hall–Kier alpha value is -3.62. The van der Waals surface area contributed by atoms with Gasteiger partial charge in [0, 0.05) is 13.0 Å². The van der Waals surface area contributed by atoms with E-state index in [1.54, 1.807) is 0 Å². The highest BCUT2D eigenvalue weighted by atomic mass is 31.2. The largest absolute Gasteiger partial charge is 0.756 e. The molecule has 0 aromatic carbocycles. The second kappa shape index (κ2) is 50.8. The molecule has 2 atom stereocenters. The molecular weight excluding hydrogens is 878 g/mol. The highest BCUT2D eigenvalue weighted by molar-refractivity contribution is 7.45. The maximum Gasteiger partial charge on any atom is 0.306 e. The molecule has 0 saturated carbocycles. The summed E-state index contributed by atoms with van der Waals surface area (Å²) in [5.41, 5.74) is 0. The average Bonchev–Trinajstić information content (AvgIpc) is 3.31. The van der Waals surface area contributed by atoms with Crippen LogP contribution in [0.25, 0.3) is 0 Å². The van der Waals surface area contributed by atoms with E-state index >= 15 is 0 Å². The van der Waals surface area contributed by atoms with Crippen molar-refractivity contribution in [1.29, 1.82) is 0 Å². The van der Waals surface area contributed by atoms with E-state index in [0.29, 0.717) is 17.6 Å². The van der Waals surface area contributed by atoms with Gasteiger partial charge in [0.1, 0.15) is 19.3 Å². The number of esters is 1. The Labute approximate surface area is 423 Å².